The van der Waals surface area contributed by atoms with Crippen molar-refractivity contribution in [3.05, 3.63) is 47.1 Å². The van der Waals surface area contributed by atoms with E-state index in [1.54, 1.807) is 0 Å². The molecule has 0 saturated carbocycles. The molecule has 1 atom stereocenters. The first-order valence-electron chi connectivity index (χ1n) is 8.50. The van der Waals surface area contributed by atoms with E-state index in [4.69, 9.17) is 4.52 Å². The minimum absolute atomic E-state index is 0.198. The standard InChI is InChI=1S/C18H26N4O/c1-4-17-19-18(23-20-17)15(3)22-10-8-21(9-11-22)13-16-7-5-6-14(2)12-16/h5-7,12,15H,4,8-11,13H2,1-3H3/t15-/m0/s1. The Morgan fingerprint density at radius 3 is 2.65 bits per heavy atom. The molecule has 0 aliphatic carbocycles. The molecule has 0 radical (unpaired) electrons. The molecular formula is C18H26N4O. The van der Waals surface area contributed by atoms with Gasteiger partial charge in [-0.05, 0) is 19.4 Å². The maximum Gasteiger partial charge on any atom is 0.243 e. The van der Waals surface area contributed by atoms with Crippen molar-refractivity contribution >= 4 is 0 Å². The fourth-order valence-electron chi connectivity index (χ4n) is 3.11. The van der Waals surface area contributed by atoms with E-state index in [9.17, 15) is 0 Å². The van der Waals surface area contributed by atoms with Gasteiger partial charge in [-0.25, -0.2) is 0 Å². The molecular weight excluding hydrogens is 288 g/mol. The number of piperazine rings is 1. The summed E-state index contributed by atoms with van der Waals surface area (Å²) in [6.45, 7) is 11.6. The summed E-state index contributed by atoms with van der Waals surface area (Å²) in [6.07, 6.45) is 0.820. The number of hydrogen-bond acceptors (Lipinski definition) is 5. The van der Waals surface area contributed by atoms with Crippen LogP contribution in [-0.4, -0.2) is 46.1 Å². The molecule has 0 unspecified atom stereocenters. The maximum atomic E-state index is 5.39. The van der Waals surface area contributed by atoms with E-state index >= 15 is 0 Å². The van der Waals surface area contributed by atoms with Crippen LogP contribution >= 0.6 is 0 Å². The van der Waals surface area contributed by atoms with Crippen molar-refractivity contribution < 1.29 is 4.52 Å². The third kappa shape index (κ3) is 3.98. The summed E-state index contributed by atoms with van der Waals surface area (Å²) in [7, 11) is 0. The van der Waals surface area contributed by atoms with Gasteiger partial charge in [0.05, 0.1) is 6.04 Å². The number of nitrogens with zero attached hydrogens (tertiary/aromatic N) is 4. The zero-order chi connectivity index (χ0) is 16.2. The first kappa shape index (κ1) is 16.1. The lowest BCUT2D eigenvalue weighted by Crippen LogP contribution is -2.46. The van der Waals surface area contributed by atoms with Crippen LogP contribution in [0.3, 0.4) is 0 Å². The van der Waals surface area contributed by atoms with Crippen molar-refractivity contribution in [3.63, 3.8) is 0 Å². The predicted molar refractivity (Wildman–Crippen MR) is 90.1 cm³/mol. The van der Waals surface area contributed by atoms with Crippen LogP contribution in [0.4, 0.5) is 0 Å². The van der Waals surface area contributed by atoms with Crippen LogP contribution in [0.25, 0.3) is 0 Å². The first-order chi connectivity index (χ1) is 11.2. The second-order valence-corrected chi connectivity index (χ2v) is 6.38. The third-order valence-corrected chi connectivity index (χ3v) is 4.60. The highest BCUT2D eigenvalue weighted by molar-refractivity contribution is 5.22. The summed E-state index contributed by atoms with van der Waals surface area (Å²) >= 11 is 0. The normalized spacial score (nSPS) is 18.2. The summed E-state index contributed by atoms with van der Waals surface area (Å²) in [5.74, 6) is 1.54. The quantitative estimate of drug-likeness (QED) is 0.849. The van der Waals surface area contributed by atoms with Crippen LogP contribution in [0.5, 0.6) is 0 Å². The number of aromatic nitrogens is 2. The highest BCUT2D eigenvalue weighted by Gasteiger charge is 2.25. The Bertz CT molecular complexity index is 631. The van der Waals surface area contributed by atoms with Crippen molar-refractivity contribution in [1.29, 1.82) is 0 Å². The Hall–Kier alpha value is -1.72. The average molecular weight is 314 g/mol. The Balaban J connectivity index is 1.53. The molecule has 1 aliphatic heterocycles. The predicted octanol–water partition coefficient (Wildman–Crippen LogP) is 2.82. The summed E-state index contributed by atoms with van der Waals surface area (Å²) < 4.78 is 5.39. The van der Waals surface area contributed by atoms with Gasteiger partial charge in [0.2, 0.25) is 5.89 Å². The summed E-state index contributed by atoms with van der Waals surface area (Å²) in [6, 6.07) is 8.98. The molecule has 1 fully saturated rings. The number of aryl methyl sites for hydroxylation is 2. The second-order valence-electron chi connectivity index (χ2n) is 6.38. The molecule has 0 bridgehead atoms. The van der Waals surface area contributed by atoms with E-state index in [1.807, 2.05) is 6.92 Å². The molecule has 2 heterocycles. The lowest BCUT2D eigenvalue weighted by atomic mass is 10.1. The molecule has 5 nitrogen and oxygen atoms in total. The van der Waals surface area contributed by atoms with Gasteiger partial charge in [-0.3, -0.25) is 9.80 Å². The van der Waals surface area contributed by atoms with Crippen LogP contribution in [0.1, 0.15) is 42.7 Å². The molecule has 1 aliphatic rings. The molecule has 3 rings (SSSR count). The second kappa shape index (κ2) is 7.23. The van der Waals surface area contributed by atoms with Gasteiger partial charge in [0.25, 0.3) is 0 Å². The van der Waals surface area contributed by atoms with E-state index < -0.39 is 0 Å². The summed E-state index contributed by atoms with van der Waals surface area (Å²) in [5, 5.41) is 4.01. The Morgan fingerprint density at radius 1 is 1.22 bits per heavy atom. The van der Waals surface area contributed by atoms with Gasteiger partial charge in [0.1, 0.15) is 0 Å². The van der Waals surface area contributed by atoms with Gasteiger partial charge in [0.15, 0.2) is 5.82 Å². The molecule has 2 aromatic rings. The zero-order valence-corrected chi connectivity index (χ0v) is 14.3. The fourth-order valence-corrected chi connectivity index (χ4v) is 3.11. The number of hydrogen-bond donors (Lipinski definition) is 0. The van der Waals surface area contributed by atoms with Gasteiger partial charge in [-0.2, -0.15) is 4.98 Å². The molecule has 23 heavy (non-hydrogen) atoms. The third-order valence-electron chi connectivity index (χ3n) is 4.60. The molecule has 1 aromatic carbocycles. The highest BCUT2D eigenvalue weighted by Crippen LogP contribution is 2.21. The topological polar surface area (TPSA) is 45.4 Å². The van der Waals surface area contributed by atoms with E-state index in [1.165, 1.54) is 11.1 Å². The lowest BCUT2D eigenvalue weighted by Gasteiger charge is -2.36. The molecule has 124 valence electrons. The molecule has 0 N–H and O–H groups in total. The van der Waals surface area contributed by atoms with Gasteiger partial charge in [-0.15, -0.1) is 0 Å². The van der Waals surface area contributed by atoms with E-state index in [2.05, 4.69) is 58.1 Å². The Labute approximate surface area is 138 Å². The minimum Gasteiger partial charge on any atom is -0.338 e. The largest absolute Gasteiger partial charge is 0.338 e. The molecule has 0 amide bonds. The monoisotopic (exact) mass is 314 g/mol. The molecule has 0 spiro atoms. The van der Waals surface area contributed by atoms with Crippen LogP contribution < -0.4 is 0 Å². The Kier molecular flexibility index (Phi) is 5.08. The smallest absolute Gasteiger partial charge is 0.243 e. The Morgan fingerprint density at radius 2 is 2.00 bits per heavy atom. The lowest BCUT2D eigenvalue weighted by molar-refractivity contribution is 0.0845. The van der Waals surface area contributed by atoms with Gasteiger partial charge in [0, 0.05) is 39.1 Å². The van der Waals surface area contributed by atoms with Crippen LogP contribution in [0, 0.1) is 6.92 Å². The van der Waals surface area contributed by atoms with Gasteiger partial charge < -0.3 is 4.52 Å². The minimum atomic E-state index is 0.198. The van der Waals surface area contributed by atoms with Crippen molar-refractivity contribution in [2.75, 3.05) is 26.2 Å². The van der Waals surface area contributed by atoms with Gasteiger partial charge >= 0.3 is 0 Å². The van der Waals surface area contributed by atoms with E-state index in [0.717, 1.165) is 50.9 Å². The van der Waals surface area contributed by atoms with Crippen molar-refractivity contribution in [2.45, 2.75) is 39.8 Å². The van der Waals surface area contributed by atoms with E-state index in [0.29, 0.717) is 0 Å². The zero-order valence-electron chi connectivity index (χ0n) is 14.3. The average Bonchev–Trinajstić information content (AvgIpc) is 3.04. The summed E-state index contributed by atoms with van der Waals surface area (Å²) in [5.41, 5.74) is 2.73. The van der Waals surface area contributed by atoms with Crippen molar-refractivity contribution in [1.82, 2.24) is 19.9 Å². The van der Waals surface area contributed by atoms with Crippen molar-refractivity contribution in [3.8, 4) is 0 Å². The van der Waals surface area contributed by atoms with Crippen LogP contribution in [0.2, 0.25) is 0 Å². The number of benzene rings is 1. The molecule has 1 aromatic heterocycles. The molecule has 5 heteroatoms. The summed E-state index contributed by atoms with van der Waals surface area (Å²) in [4.78, 5) is 9.41. The fraction of sp³-hybridized carbons (Fsp3) is 0.556. The SMILES string of the molecule is CCc1noc([C@H](C)N2CCN(Cc3cccc(C)c3)CC2)n1. The number of rotatable bonds is 5. The maximum absolute atomic E-state index is 5.39. The van der Waals surface area contributed by atoms with Gasteiger partial charge in [-0.1, -0.05) is 41.9 Å². The molecule has 1 saturated heterocycles. The highest BCUT2D eigenvalue weighted by atomic mass is 16.5. The van der Waals surface area contributed by atoms with Crippen LogP contribution in [-0.2, 0) is 13.0 Å². The first-order valence-corrected chi connectivity index (χ1v) is 8.50. The van der Waals surface area contributed by atoms with Crippen LogP contribution in [0.15, 0.2) is 28.8 Å². The van der Waals surface area contributed by atoms with Crippen molar-refractivity contribution in [2.24, 2.45) is 0 Å². The van der Waals surface area contributed by atoms with E-state index in [-0.39, 0.29) is 6.04 Å².